The number of fused-ring (bicyclic) bond motifs is 1. The van der Waals surface area contributed by atoms with Gasteiger partial charge in [-0.15, -0.1) is 0 Å². The lowest BCUT2D eigenvalue weighted by molar-refractivity contribution is -0.126. The van der Waals surface area contributed by atoms with E-state index in [0.717, 1.165) is 61.4 Å². The number of rotatable bonds is 6. The van der Waals surface area contributed by atoms with Crippen molar-refractivity contribution < 1.29 is 9.21 Å². The molecule has 142 valence electrons. The van der Waals surface area contributed by atoms with Crippen LogP contribution in [0.5, 0.6) is 0 Å². The molecule has 1 aliphatic rings. The van der Waals surface area contributed by atoms with Gasteiger partial charge in [-0.2, -0.15) is 5.10 Å². The van der Waals surface area contributed by atoms with Crippen LogP contribution in [0.1, 0.15) is 31.2 Å². The molecule has 0 unspecified atom stereocenters. The van der Waals surface area contributed by atoms with Crippen LogP contribution in [-0.2, 0) is 24.4 Å². The number of carbonyl (C=O) groups excluding carboxylic acids is 1. The summed E-state index contributed by atoms with van der Waals surface area (Å²) >= 11 is 0. The highest BCUT2D eigenvalue weighted by molar-refractivity contribution is 5.83. The van der Waals surface area contributed by atoms with Gasteiger partial charge in [-0.25, -0.2) is 0 Å². The van der Waals surface area contributed by atoms with Crippen LogP contribution in [0.3, 0.4) is 0 Å². The van der Waals surface area contributed by atoms with Gasteiger partial charge >= 0.3 is 0 Å². The summed E-state index contributed by atoms with van der Waals surface area (Å²) in [6, 6.07) is 12.1. The summed E-state index contributed by atoms with van der Waals surface area (Å²) in [5.74, 6) is 1.21. The second kappa shape index (κ2) is 7.96. The van der Waals surface area contributed by atoms with Gasteiger partial charge in [-0.05, 0) is 51.1 Å². The molecule has 0 aliphatic carbocycles. The first-order valence-electron chi connectivity index (χ1n) is 9.71. The van der Waals surface area contributed by atoms with Gasteiger partial charge in [0.05, 0.1) is 30.6 Å². The second-order valence-electron chi connectivity index (χ2n) is 7.13. The molecule has 1 aliphatic heterocycles. The molecular formula is C21H26N4O2. The van der Waals surface area contributed by atoms with Crippen molar-refractivity contribution in [3.8, 4) is 0 Å². The van der Waals surface area contributed by atoms with Crippen molar-refractivity contribution in [3.05, 3.63) is 54.1 Å². The minimum atomic E-state index is 0.0809. The highest BCUT2D eigenvalue weighted by Gasteiger charge is 2.25. The second-order valence-corrected chi connectivity index (χ2v) is 7.13. The largest absolute Gasteiger partial charge is 0.468 e. The van der Waals surface area contributed by atoms with Crippen molar-refractivity contribution in [1.29, 1.82) is 0 Å². The first-order valence-corrected chi connectivity index (χ1v) is 9.71. The molecule has 1 aromatic carbocycles. The van der Waals surface area contributed by atoms with E-state index < -0.39 is 0 Å². The van der Waals surface area contributed by atoms with Crippen molar-refractivity contribution >= 4 is 16.8 Å². The van der Waals surface area contributed by atoms with Gasteiger partial charge in [-0.1, -0.05) is 18.2 Å². The van der Waals surface area contributed by atoms with Gasteiger partial charge in [0.25, 0.3) is 0 Å². The molecule has 6 nitrogen and oxygen atoms in total. The molecule has 1 saturated heterocycles. The van der Waals surface area contributed by atoms with Crippen LogP contribution in [0.4, 0.5) is 0 Å². The molecule has 4 rings (SSSR count). The quantitative estimate of drug-likeness (QED) is 0.728. The number of likely N-dealkylation sites (tertiary alicyclic amines) is 1. The summed E-state index contributed by atoms with van der Waals surface area (Å²) < 4.78 is 7.40. The number of piperidine rings is 1. The van der Waals surface area contributed by atoms with Gasteiger partial charge in [0, 0.05) is 17.8 Å². The third-order valence-electron chi connectivity index (χ3n) is 5.38. The van der Waals surface area contributed by atoms with E-state index >= 15 is 0 Å². The number of hydrogen-bond acceptors (Lipinski definition) is 4. The van der Waals surface area contributed by atoms with Crippen molar-refractivity contribution in [3.63, 3.8) is 0 Å². The van der Waals surface area contributed by atoms with Gasteiger partial charge in [-0.3, -0.25) is 14.4 Å². The third kappa shape index (κ3) is 3.90. The Hall–Kier alpha value is -2.60. The Morgan fingerprint density at radius 2 is 2.04 bits per heavy atom. The Kier molecular flexibility index (Phi) is 5.25. The maximum atomic E-state index is 12.6. The fourth-order valence-corrected chi connectivity index (χ4v) is 3.86. The predicted octanol–water partition coefficient (Wildman–Crippen LogP) is 3.18. The normalized spacial score (nSPS) is 16.0. The summed E-state index contributed by atoms with van der Waals surface area (Å²) in [5, 5.41) is 8.89. The van der Waals surface area contributed by atoms with Crippen LogP contribution in [0.2, 0.25) is 0 Å². The Morgan fingerprint density at radius 3 is 2.78 bits per heavy atom. The maximum absolute atomic E-state index is 12.6. The lowest BCUT2D eigenvalue weighted by atomic mass is 9.96. The Labute approximate surface area is 159 Å². The van der Waals surface area contributed by atoms with E-state index in [0.29, 0.717) is 6.54 Å². The number of hydrogen-bond donors (Lipinski definition) is 1. The molecule has 3 aromatic rings. The zero-order chi connectivity index (χ0) is 18.6. The van der Waals surface area contributed by atoms with E-state index in [1.165, 1.54) is 0 Å². The first kappa shape index (κ1) is 17.8. The van der Waals surface area contributed by atoms with E-state index in [4.69, 9.17) is 4.42 Å². The number of nitrogens with one attached hydrogen (secondary N) is 1. The van der Waals surface area contributed by atoms with Crippen molar-refractivity contribution in [2.75, 3.05) is 13.1 Å². The fraction of sp³-hybridized carbons (Fsp3) is 0.429. The molecular weight excluding hydrogens is 340 g/mol. The summed E-state index contributed by atoms with van der Waals surface area (Å²) in [7, 11) is 0. The summed E-state index contributed by atoms with van der Waals surface area (Å²) in [6.45, 7) is 6.06. The lowest BCUT2D eigenvalue weighted by Crippen LogP contribution is -2.40. The third-order valence-corrected chi connectivity index (χ3v) is 5.38. The number of aromatic nitrogens is 2. The van der Waals surface area contributed by atoms with Crippen molar-refractivity contribution in [2.45, 2.75) is 39.4 Å². The number of carbonyl (C=O) groups is 1. The number of nitrogens with zero attached hydrogens (tertiary/aromatic N) is 3. The number of aryl methyl sites for hydroxylation is 1. The number of para-hydroxylation sites is 1. The Morgan fingerprint density at radius 1 is 1.22 bits per heavy atom. The maximum Gasteiger partial charge on any atom is 0.223 e. The molecule has 1 N–H and O–H groups in total. The molecule has 6 heteroatoms. The molecule has 27 heavy (non-hydrogen) atoms. The summed E-state index contributed by atoms with van der Waals surface area (Å²) in [6.07, 6.45) is 3.48. The molecule has 0 saturated carbocycles. The molecule has 1 fully saturated rings. The topological polar surface area (TPSA) is 63.3 Å². The number of amides is 1. The SMILES string of the molecule is CCn1nc(CNC(=O)C2CCN(Cc3ccco3)CC2)c2ccccc21. The highest BCUT2D eigenvalue weighted by atomic mass is 16.3. The number of furan rings is 1. The average Bonchev–Trinajstić information content (AvgIpc) is 3.34. The minimum absolute atomic E-state index is 0.0809. The smallest absolute Gasteiger partial charge is 0.223 e. The standard InChI is InChI=1S/C21H26N4O2/c1-2-25-20-8-4-3-7-18(20)19(23-25)14-22-21(26)16-9-11-24(12-10-16)15-17-6-5-13-27-17/h3-8,13,16H,2,9-12,14-15H2,1H3,(H,22,26). The molecule has 0 spiro atoms. The summed E-state index contributed by atoms with van der Waals surface area (Å²) in [4.78, 5) is 15.0. The minimum Gasteiger partial charge on any atom is -0.468 e. The van der Waals surface area contributed by atoms with Crippen LogP contribution in [0, 0.1) is 5.92 Å². The monoisotopic (exact) mass is 366 g/mol. The van der Waals surface area contributed by atoms with Crippen LogP contribution >= 0.6 is 0 Å². The molecule has 0 atom stereocenters. The van der Waals surface area contributed by atoms with Crippen LogP contribution in [0.15, 0.2) is 47.1 Å². The Bertz CT molecular complexity index is 892. The molecule has 2 aromatic heterocycles. The van der Waals surface area contributed by atoms with Crippen LogP contribution in [0.25, 0.3) is 10.9 Å². The van der Waals surface area contributed by atoms with Gasteiger partial charge in [0.2, 0.25) is 5.91 Å². The van der Waals surface area contributed by atoms with Gasteiger partial charge in [0.1, 0.15) is 5.76 Å². The van der Waals surface area contributed by atoms with Crippen molar-refractivity contribution in [2.24, 2.45) is 5.92 Å². The Balaban J connectivity index is 1.31. The van der Waals surface area contributed by atoms with Crippen LogP contribution in [-0.4, -0.2) is 33.7 Å². The van der Waals surface area contributed by atoms with E-state index in [2.05, 4.69) is 34.4 Å². The van der Waals surface area contributed by atoms with Crippen LogP contribution < -0.4 is 5.32 Å². The zero-order valence-corrected chi connectivity index (χ0v) is 15.7. The molecule has 0 radical (unpaired) electrons. The van der Waals surface area contributed by atoms with E-state index in [-0.39, 0.29) is 11.8 Å². The molecule has 1 amide bonds. The summed E-state index contributed by atoms with van der Waals surface area (Å²) in [5.41, 5.74) is 2.06. The first-order chi connectivity index (χ1) is 13.2. The highest BCUT2D eigenvalue weighted by Crippen LogP contribution is 2.21. The van der Waals surface area contributed by atoms with Gasteiger partial charge in [0.15, 0.2) is 0 Å². The van der Waals surface area contributed by atoms with Crippen molar-refractivity contribution in [1.82, 2.24) is 20.0 Å². The zero-order valence-electron chi connectivity index (χ0n) is 15.7. The van der Waals surface area contributed by atoms with E-state index in [1.807, 2.05) is 28.9 Å². The number of benzene rings is 1. The average molecular weight is 366 g/mol. The predicted molar refractivity (Wildman–Crippen MR) is 104 cm³/mol. The lowest BCUT2D eigenvalue weighted by Gasteiger charge is -2.30. The fourth-order valence-electron chi connectivity index (χ4n) is 3.86. The molecule has 0 bridgehead atoms. The van der Waals surface area contributed by atoms with E-state index in [1.54, 1.807) is 6.26 Å². The molecule has 3 heterocycles. The van der Waals surface area contributed by atoms with E-state index in [9.17, 15) is 4.79 Å². The van der Waals surface area contributed by atoms with Gasteiger partial charge < -0.3 is 9.73 Å².